The number of halogens is 1. The first kappa shape index (κ1) is 13.5. The number of nitrogens with one attached hydrogen (secondary N) is 3. The van der Waals surface area contributed by atoms with Gasteiger partial charge in [-0.1, -0.05) is 28.1 Å². The van der Waals surface area contributed by atoms with Gasteiger partial charge in [0.05, 0.1) is 6.54 Å². The van der Waals surface area contributed by atoms with E-state index in [1.807, 2.05) is 24.3 Å². The van der Waals surface area contributed by atoms with Crippen molar-refractivity contribution in [2.75, 3.05) is 0 Å². The molecule has 2 aromatic rings. The number of aromatic nitrogens is 3. The zero-order valence-corrected chi connectivity index (χ0v) is 11.7. The number of hydrogen-bond acceptors (Lipinski definition) is 3. The number of benzene rings is 1. The van der Waals surface area contributed by atoms with Crippen LogP contribution in [0, 0.1) is 0 Å². The quantitative estimate of drug-likeness (QED) is 0.769. The fraction of sp³-hybridized carbons (Fsp3) is 0.250. The second kappa shape index (κ2) is 6.33. The van der Waals surface area contributed by atoms with Crippen molar-refractivity contribution in [1.29, 1.82) is 0 Å². The summed E-state index contributed by atoms with van der Waals surface area (Å²) in [7, 11) is 0. The molecule has 1 amide bonds. The summed E-state index contributed by atoms with van der Waals surface area (Å²) in [5.41, 5.74) is 0.727. The summed E-state index contributed by atoms with van der Waals surface area (Å²) in [6.45, 7) is 0.220. The Labute approximate surface area is 117 Å². The van der Waals surface area contributed by atoms with Crippen molar-refractivity contribution < 1.29 is 4.79 Å². The Hall–Kier alpha value is -1.89. The minimum atomic E-state index is -0.376. The Bertz CT molecular complexity index is 603. The molecular weight excluding hydrogens is 312 g/mol. The number of rotatable bonds is 5. The van der Waals surface area contributed by atoms with Gasteiger partial charge in [-0.15, -0.1) is 0 Å². The molecule has 2 rings (SSSR count). The normalized spacial score (nSPS) is 10.4. The Morgan fingerprint density at radius 3 is 2.68 bits per heavy atom. The SMILES string of the molecule is O=C(CCc1ccc(Br)cc1)NCc1n[nH]c(=O)[nH]1. The fourth-order valence-corrected chi connectivity index (χ4v) is 1.83. The highest BCUT2D eigenvalue weighted by Gasteiger charge is 2.04. The van der Waals surface area contributed by atoms with Crippen LogP contribution in [-0.2, 0) is 17.8 Å². The zero-order chi connectivity index (χ0) is 13.7. The molecule has 0 unspecified atom stereocenters. The standard InChI is InChI=1S/C12H13BrN4O2/c13-9-4-1-8(2-5-9)3-6-11(18)14-7-10-15-12(19)17-16-10/h1-2,4-5H,3,6-7H2,(H,14,18)(H2,15,16,17,19). The van der Waals surface area contributed by atoms with E-state index in [0.717, 1.165) is 10.0 Å². The maximum atomic E-state index is 11.6. The highest BCUT2D eigenvalue weighted by molar-refractivity contribution is 9.10. The molecule has 3 N–H and O–H groups in total. The lowest BCUT2D eigenvalue weighted by Crippen LogP contribution is -2.23. The van der Waals surface area contributed by atoms with Gasteiger partial charge in [-0.05, 0) is 24.1 Å². The first-order valence-electron chi connectivity index (χ1n) is 5.78. The van der Waals surface area contributed by atoms with Crippen LogP contribution in [0.5, 0.6) is 0 Å². The van der Waals surface area contributed by atoms with Crippen molar-refractivity contribution >= 4 is 21.8 Å². The number of carbonyl (C=O) groups excluding carboxylic acids is 1. The summed E-state index contributed by atoms with van der Waals surface area (Å²) in [5.74, 6) is 0.341. The average Bonchev–Trinajstić information content (AvgIpc) is 2.81. The third kappa shape index (κ3) is 4.36. The Kier molecular flexibility index (Phi) is 4.51. The highest BCUT2D eigenvalue weighted by Crippen LogP contribution is 2.11. The van der Waals surface area contributed by atoms with Gasteiger partial charge in [-0.3, -0.25) is 9.78 Å². The van der Waals surface area contributed by atoms with Gasteiger partial charge in [0.25, 0.3) is 0 Å². The third-order valence-electron chi connectivity index (χ3n) is 2.56. The molecular formula is C12H13BrN4O2. The van der Waals surface area contributed by atoms with Crippen molar-refractivity contribution in [2.24, 2.45) is 0 Å². The van der Waals surface area contributed by atoms with Crippen LogP contribution in [0.15, 0.2) is 33.5 Å². The molecule has 0 saturated heterocycles. The molecule has 0 atom stereocenters. The van der Waals surface area contributed by atoms with Gasteiger partial charge < -0.3 is 5.32 Å². The molecule has 0 saturated carbocycles. The van der Waals surface area contributed by atoms with Gasteiger partial charge >= 0.3 is 5.69 Å². The molecule has 19 heavy (non-hydrogen) atoms. The van der Waals surface area contributed by atoms with Crippen LogP contribution < -0.4 is 11.0 Å². The van der Waals surface area contributed by atoms with Crippen LogP contribution in [0.4, 0.5) is 0 Å². The number of aromatic amines is 2. The van der Waals surface area contributed by atoms with E-state index in [1.165, 1.54) is 0 Å². The first-order chi connectivity index (χ1) is 9.13. The van der Waals surface area contributed by atoms with Crippen LogP contribution in [-0.4, -0.2) is 21.1 Å². The van der Waals surface area contributed by atoms with Crippen molar-refractivity contribution in [3.63, 3.8) is 0 Å². The lowest BCUT2D eigenvalue weighted by molar-refractivity contribution is -0.121. The number of carbonyl (C=O) groups is 1. The number of hydrogen-bond donors (Lipinski definition) is 3. The summed E-state index contributed by atoms with van der Waals surface area (Å²) < 4.78 is 1.02. The average molecular weight is 325 g/mol. The predicted octanol–water partition coefficient (Wildman–Crippen LogP) is 1.11. The molecule has 6 nitrogen and oxygen atoms in total. The summed E-state index contributed by atoms with van der Waals surface area (Å²) in [6.07, 6.45) is 1.08. The topological polar surface area (TPSA) is 90.6 Å². The van der Waals surface area contributed by atoms with Crippen molar-refractivity contribution in [3.05, 3.63) is 50.6 Å². The van der Waals surface area contributed by atoms with Crippen LogP contribution in [0.1, 0.15) is 17.8 Å². The number of aryl methyl sites for hydroxylation is 1. The van der Waals surface area contributed by atoms with E-state index < -0.39 is 0 Å². The molecule has 100 valence electrons. The van der Waals surface area contributed by atoms with Crippen molar-refractivity contribution in [3.8, 4) is 0 Å². The van der Waals surface area contributed by atoms with Crippen molar-refractivity contribution in [1.82, 2.24) is 20.5 Å². The monoisotopic (exact) mass is 324 g/mol. The summed E-state index contributed by atoms with van der Waals surface area (Å²) in [5, 5.41) is 8.63. The maximum Gasteiger partial charge on any atom is 0.340 e. The van der Waals surface area contributed by atoms with Crippen molar-refractivity contribution in [2.45, 2.75) is 19.4 Å². The Balaban J connectivity index is 1.75. The lowest BCUT2D eigenvalue weighted by Gasteiger charge is -2.03. The second-order valence-electron chi connectivity index (χ2n) is 4.03. The zero-order valence-electron chi connectivity index (χ0n) is 10.1. The lowest BCUT2D eigenvalue weighted by atomic mass is 10.1. The maximum absolute atomic E-state index is 11.6. The summed E-state index contributed by atoms with van der Waals surface area (Å²) in [4.78, 5) is 24.9. The fourth-order valence-electron chi connectivity index (χ4n) is 1.57. The van der Waals surface area contributed by atoms with E-state index in [-0.39, 0.29) is 18.1 Å². The minimum absolute atomic E-state index is 0.0771. The molecule has 0 aliphatic carbocycles. The molecule has 0 bridgehead atoms. The molecule has 0 fully saturated rings. The summed E-state index contributed by atoms with van der Waals surface area (Å²) >= 11 is 3.36. The van der Waals surface area contributed by atoms with Gasteiger partial charge in [0.15, 0.2) is 0 Å². The van der Waals surface area contributed by atoms with E-state index in [1.54, 1.807) is 0 Å². The number of amides is 1. The number of nitrogens with zero attached hydrogens (tertiary/aromatic N) is 1. The van der Waals surface area contributed by atoms with Crippen LogP contribution in [0.3, 0.4) is 0 Å². The van der Waals surface area contributed by atoms with Crippen LogP contribution >= 0.6 is 15.9 Å². The molecule has 1 aromatic carbocycles. The summed E-state index contributed by atoms with van der Waals surface area (Å²) in [6, 6.07) is 7.84. The highest BCUT2D eigenvalue weighted by atomic mass is 79.9. The molecule has 1 aromatic heterocycles. The van der Waals surface area contributed by atoms with Gasteiger partial charge in [-0.25, -0.2) is 9.89 Å². The van der Waals surface area contributed by atoms with E-state index in [2.05, 4.69) is 36.4 Å². The van der Waals surface area contributed by atoms with E-state index in [4.69, 9.17) is 0 Å². The molecule has 0 aliphatic rings. The van der Waals surface area contributed by atoms with Gasteiger partial charge in [-0.2, -0.15) is 5.10 Å². The molecule has 1 heterocycles. The molecule has 7 heteroatoms. The first-order valence-corrected chi connectivity index (χ1v) is 6.57. The van der Waals surface area contributed by atoms with E-state index >= 15 is 0 Å². The third-order valence-corrected chi connectivity index (χ3v) is 3.09. The Morgan fingerprint density at radius 2 is 2.05 bits per heavy atom. The van der Waals surface area contributed by atoms with Gasteiger partial charge in [0.1, 0.15) is 5.82 Å². The van der Waals surface area contributed by atoms with E-state index in [9.17, 15) is 9.59 Å². The van der Waals surface area contributed by atoms with Gasteiger partial charge in [0, 0.05) is 10.9 Å². The number of H-pyrrole nitrogens is 2. The Morgan fingerprint density at radius 1 is 1.32 bits per heavy atom. The predicted molar refractivity (Wildman–Crippen MR) is 73.5 cm³/mol. The second-order valence-corrected chi connectivity index (χ2v) is 4.94. The minimum Gasteiger partial charge on any atom is -0.349 e. The smallest absolute Gasteiger partial charge is 0.340 e. The van der Waals surface area contributed by atoms with Gasteiger partial charge in [0.2, 0.25) is 5.91 Å². The van der Waals surface area contributed by atoms with Crippen LogP contribution in [0.25, 0.3) is 0 Å². The largest absolute Gasteiger partial charge is 0.349 e. The molecule has 0 spiro atoms. The molecule has 0 aliphatic heterocycles. The molecule has 0 radical (unpaired) electrons. The van der Waals surface area contributed by atoms with Crippen LogP contribution in [0.2, 0.25) is 0 Å². The van der Waals surface area contributed by atoms with E-state index in [0.29, 0.717) is 18.7 Å².